The number of hydrogen-bond acceptors (Lipinski definition) is 4. The highest BCUT2D eigenvalue weighted by atomic mass is 16.2. The number of aromatic amines is 1. The monoisotopic (exact) mass is 428 g/mol. The Morgan fingerprint density at radius 3 is 2.34 bits per heavy atom. The summed E-state index contributed by atoms with van der Waals surface area (Å²) in [6.07, 6.45) is 5.52. The zero-order chi connectivity index (χ0) is 22.1. The van der Waals surface area contributed by atoms with Crippen molar-refractivity contribution in [3.8, 4) is 0 Å². The molecule has 5 rings (SSSR count). The first kappa shape index (κ1) is 20.2. The van der Waals surface area contributed by atoms with Crippen molar-refractivity contribution in [1.29, 1.82) is 0 Å². The van der Waals surface area contributed by atoms with Gasteiger partial charge in [0.2, 0.25) is 17.7 Å². The molecule has 162 valence electrons. The molecule has 7 heteroatoms. The van der Waals surface area contributed by atoms with E-state index in [-0.39, 0.29) is 36.1 Å². The van der Waals surface area contributed by atoms with Crippen molar-refractivity contribution in [2.45, 2.75) is 25.3 Å². The minimum absolute atomic E-state index is 0.247. The van der Waals surface area contributed by atoms with Gasteiger partial charge in [-0.15, -0.1) is 0 Å². The van der Waals surface area contributed by atoms with E-state index in [1.807, 2.05) is 66.7 Å². The van der Waals surface area contributed by atoms with Gasteiger partial charge < -0.3 is 10.3 Å². The number of fused-ring (bicyclic) bond motifs is 2. The Morgan fingerprint density at radius 2 is 1.66 bits per heavy atom. The van der Waals surface area contributed by atoms with Gasteiger partial charge >= 0.3 is 0 Å². The number of rotatable bonds is 6. The van der Waals surface area contributed by atoms with Gasteiger partial charge in [-0.3, -0.25) is 19.3 Å². The third-order valence-corrected chi connectivity index (χ3v) is 6.26. The number of hydrogen-bond donors (Lipinski definition) is 2. The summed E-state index contributed by atoms with van der Waals surface area (Å²) in [6.45, 7) is -0.268. The standard InChI is InChI=1S/C25H24N4O3/c30-22(15-29-24(31)17-10-4-5-11-18(17)25(29)32)26-21(14-16-8-2-1-3-9-16)23-27-19-12-6-7-13-20(19)28-23/h1-9,12-13,17-18,21H,10-11,14-15H2,(H,26,30)(H,27,28). The van der Waals surface area contributed by atoms with Gasteiger partial charge in [-0.05, 0) is 37.0 Å². The van der Waals surface area contributed by atoms with Crippen LogP contribution in [0.1, 0.15) is 30.3 Å². The molecule has 0 radical (unpaired) electrons. The van der Waals surface area contributed by atoms with Crippen LogP contribution in [-0.2, 0) is 20.8 Å². The average Bonchev–Trinajstić information content (AvgIpc) is 3.35. The van der Waals surface area contributed by atoms with Crippen LogP contribution in [0.4, 0.5) is 0 Å². The maximum atomic E-state index is 13.0. The Morgan fingerprint density at radius 1 is 1.00 bits per heavy atom. The van der Waals surface area contributed by atoms with E-state index < -0.39 is 6.04 Å². The Balaban J connectivity index is 1.35. The van der Waals surface area contributed by atoms with Crippen LogP contribution in [0.3, 0.4) is 0 Å². The first-order chi connectivity index (χ1) is 15.6. The molecule has 32 heavy (non-hydrogen) atoms. The largest absolute Gasteiger partial charge is 0.344 e. The molecule has 0 spiro atoms. The fourth-order valence-corrected chi connectivity index (χ4v) is 4.61. The number of likely N-dealkylation sites (tertiary alicyclic amines) is 1. The molecule has 1 aliphatic heterocycles. The SMILES string of the molecule is O=C(CN1C(=O)C2CC=CCC2C1=O)NC(Cc1ccccc1)c1nc2ccccc2[nH]1. The van der Waals surface area contributed by atoms with Crippen LogP contribution in [0, 0.1) is 11.8 Å². The zero-order valence-corrected chi connectivity index (χ0v) is 17.5. The Kier molecular flexibility index (Phi) is 5.31. The van der Waals surface area contributed by atoms with Crippen LogP contribution in [0.5, 0.6) is 0 Å². The van der Waals surface area contributed by atoms with Crippen molar-refractivity contribution in [3.63, 3.8) is 0 Å². The molecule has 1 aromatic heterocycles. The maximum Gasteiger partial charge on any atom is 0.240 e. The smallest absolute Gasteiger partial charge is 0.240 e. The van der Waals surface area contributed by atoms with Crippen LogP contribution in [0.2, 0.25) is 0 Å². The predicted molar refractivity (Wildman–Crippen MR) is 119 cm³/mol. The summed E-state index contributed by atoms with van der Waals surface area (Å²) >= 11 is 0. The molecule has 2 aromatic carbocycles. The van der Waals surface area contributed by atoms with Crippen LogP contribution in [0.15, 0.2) is 66.7 Å². The van der Waals surface area contributed by atoms with Crippen molar-refractivity contribution < 1.29 is 14.4 Å². The molecule has 3 amide bonds. The van der Waals surface area contributed by atoms with E-state index in [1.54, 1.807) is 0 Å². The lowest BCUT2D eigenvalue weighted by Gasteiger charge is -2.20. The molecule has 2 heterocycles. The van der Waals surface area contributed by atoms with Crippen LogP contribution >= 0.6 is 0 Å². The van der Waals surface area contributed by atoms with Crippen LogP contribution < -0.4 is 5.32 Å². The van der Waals surface area contributed by atoms with Crippen molar-refractivity contribution >= 4 is 28.8 Å². The molecule has 1 aliphatic carbocycles. The Hall–Kier alpha value is -3.74. The summed E-state index contributed by atoms with van der Waals surface area (Å²) in [6, 6.07) is 17.1. The molecule has 2 N–H and O–H groups in total. The minimum atomic E-state index is -0.422. The molecule has 0 bridgehead atoms. The summed E-state index contributed by atoms with van der Waals surface area (Å²) in [5.41, 5.74) is 2.75. The number of benzene rings is 2. The van der Waals surface area contributed by atoms with E-state index in [0.717, 1.165) is 21.5 Å². The first-order valence-electron chi connectivity index (χ1n) is 10.9. The van der Waals surface area contributed by atoms with E-state index >= 15 is 0 Å². The molecule has 3 atom stereocenters. The van der Waals surface area contributed by atoms with Crippen molar-refractivity contribution in [1.82, 2.24) is 20.2 Å². The lowest BCUT2D eigenvalue weighted by molar-refractivity contribution is -0.143. The normalized spacial score (nSPS) is 21.1. The number of nitrogens with zero attached hydrogens (tertiary/aromatic N) is 2. The third kappa shape index (κ3) is 3.82. The number of aromatic nitrogens is 2. The molecular formula is C25H24N4O3. The van der Waals surface area contributed by atoms with Gasteiger partial charge in [-0.25, -0.2) is 4.98 Å². The number of allylic oxidation sites excluding steroid dienone is 2. The number of carbonyl (C=O) groups is 3. The molecule has 0 saturated carbocycles. The summed E-state index contributed by atoms with van der Waals surface area (Å²) < 4.78 is 0. The number of H-pyrrole nitrogens is 1. The minimum Gasteiger partial charge on any atom is -0.344 e. The number of nitrogens with one attached hydrogen (secondary N) is 2. The summed E-state index contributed by atoms with van der Waals surface area (Å²) in [4.78, 5) is 47.5. The number of imidazole rings is 1. The van der Waals surface area contributed by atoms with Gasteiger partial charge in [-0.1, -0.05) is 54.6 Å². The van der Waals surface area contributed by atoms with Gasteiger partial charge in [0.25, 0.3) is 0 Å². The number of amides is 3. The third-order valence-electron chi connectivity index (χ3n) is 6.26. The lowest BCUT2D eigenvalue weighted by atomic mass is 9.85. The highest BCUT2D eigenvalue weighted by Crippen LogP contribution is 2.34. The van der Waals surface area contributed by atoms with Crippen molar-refractivity contribution in [2.24, 2.45) is 11.8 Å². The van der Waals surface area contributed by atoms with Crippen molar-refractivity contribution in [2.75, 3.05) is 6.54 Å². The quantitative estimate of drug-likeness (QED) is 0.466. The molecule has 1 fully saturated rings. The second-order valence-corrected chi connectivity index (χ2v) is 8.37. The maximum absolute atomic E-state index is 13.0. The van der Waals surface area contributed by atoms with E-state index in [4.69, 9.17) is 0 Å². The second kappa shape index (κ2) is 8.42. The molecule has 1 saturated heterocycles. The predicted octanol–water partition coefficient (Wildman–Crippen LogP) is 2.91. The summed E-state index contributed by atoms with van der Waals surface area (Å²) in [7, 11) is 0. The van der Waals surface area contributed by atoms with Gasteiger partial charge in [0.05, 0.1) is 28.9 Å². The van der Waals surface area contributed by atoms with Crippen molar-refractivity contribution in [3.05, 3.63) is 78.1 Å². The second-order valence-electron chi connectivity index (χ2n) is 8.37. The Bertz CT molecular complexity index is 1140. The Labute approximate surface area is 185 Å². The van der Waals surface area contributed by atoms with E-state index in [0.29, 0.717) is 25.1 Å². The topological polar surface area (TPSA) is 95.2 Å². The molecular weight excluding hydrogens is 404 g/mol. The fourth-order valence-electron chi connectivity index (χ4n) is 4.61. The van der Waals surface area contributed by atoms with Crippen LogP contribution in [-0.4, -0.2) is 39.1 Å². The lowest BCUT2D eigenvalue weighted by Crippen LogP contribution is -2.42. The average molecular weight is 428 g/mol. The molecule has 7 nitrogen and oxygen atoms in total. The highest BCUT2D eigenvalue weighted by molar-refractivity contribution is 6.07. The summed E-state index contributed by atoms with van der Waals surface area (Å²) in [5, 5.41) is 3.00. The van der Waals surface area contributed by atoms with E-state index in [1.165, 1.54) is 0 Å². The molecule has 3 aromatic rings. The van der Waals surface area contributed by atoms with E-state index in [2.05, 4.69) is 15.3 Å². The van der Waals surface area contributed by atoms with Crippen LogP contribution in [0.25, 0.3) is 11.0 Å². The molecule has 3 unspecified atom stereocenters. The number of imide groups is 1. The highest BCUT2D eigenvalue weighted by Gasteiger charge is 2.47. The first-order valence-corrected chi connectivity index (χ1v) is 10.9. The van der Waals surface area contributed by atoms with Gasteiger partial charge in [0.15, 0.2) is 0 Å². The van der Waals surface area contributed by atoms with Gasteiger partial charge in [0.1, 0.15) is 12.4 Å². The molecule has 2 aliphatic rings. The van der Waals surface area contributed by atoms with E-state index in [9.17, 15) is 14.4 Å². The zero-order valence-electron chi connectivity index (χ0n) is 17.5. The van der Waals surface area contributed by atoms with Gasteiger partial charge in [-0.2, -0.15) is 0 Å². The fraction of sp³-hybridized carbons (Fsp3) is 0.280. The number of para-hydroxylation sites is 2. The number of carbonyl (C=O) groups excluding carboxylic acids is 3. The summed E-state index contributed by atoms with van der Waals surface area (Å²) in [5.74, 6) is -0.905. The van der Waals surface area contributed by atoms with Gasteiger partial charge in [0, 0.05) is 0 Å².